The summed E-state index contributed by atoms with van der Waals surface area (Å²) in [5.74, 6) is 1.20. The second-order valence-electron chi connectivity index (χ2n) is 12.9. The predicted molar refractivity (Wildman–Crippen MR) is 172 cm³/mol. The number of piperidine rings is 2. The minimum Gasteiger partial charge on any atom is -0.370 e. The Morgan fingerprint density at radius 1 is 0.909 bits per heavy atom. The second kappa shape index (κ2) is 12.6. The molecule has 3 aromatic heterocycles. The molecule has 5 heterocycles. The third-order valence-electron chi connectivity index (χ3n) is 9.90. The smallest absolute Gasteiger partial charge is 0.263 e. The average molecular weight is 601 g/mol. The number of aryl methyl sites for hydroxylation is 1. The van der Waals surface area contributed by atoms with E-state index in [1.54, 1.807) is 22.6 Å². The molecule has 44 heavy (non-hydrogen) atoms. The molecule has 0 unspecified atom stereocenters. The van der Waals surface area contributed by atoms with E-state index >= 15 is 0 Å². The number of nitrogens with zero attached hydrogens (tertiary/aromatic N) is 7. The Kier molecular flexibility index (Phi) is 8.66. The number of amides is 1. The van der Waals surface area contributed by atoms with E-state index in [9.17, 15) is 14.4 Å². The SMILES string of the molecule is CC(=O)c1c(C)c2cnc(Nc3ccc(N4CCC(N5CCC(C(=O)N(C)C)CC5)CC4)cn3)nc2n(C2CCCC2)c1=O. The van der Waals surface area contributed by atoms with Crippen LogP contribution in [0.5, 0.6) is 0 Å². The van der Waals surface area contributed by atoms with E-state index < -0.39 is 0 Å². The molecule has 1 N–H and O–H groups in total. The van der Waals surface area contributed by atoms with E-state index in [-0.39, 0.29) is 34.8 Å². The average Bonchev–Trinajstić information content (AvgIpc) is 3.56. The molecule has 0 bridgehead atoms. The molecule has 3 aromatic rings. The number of rotatable bonds is 7. The fraction of sp³-hybridized carbons (Fsp3) is 0.576. The summed E-state index contributed by atoms with van der Waals surface area (Å²) >= 11 is 0. The van der Waals surface area contributed by atoms with Crippen LogP contribution in [0.4, 0.5) is 17.5 Å². The Labute approximate surface area is 258 Å². The van der Waals surface area contributed by atoms with Gasteiger partial charge in [-0.15, -0.1) is 0 Å². The molecule has 3 aliphatic rings. The van der Waals surface area contributed by atoms with Crippen LogP contribution in [-0.4, -0.2) is 87.3 Å². The van der Waals surface area contributed by atoms with Crippen molar-refractivity contribution in [2.24, 2.45) is 5.92 Å². The van der Waals surface area contributed by atoms with Gasteiger partial charge in [0.1, 0.15) is 11.5 Å². The van der Waals surface area contributed by atoms with Crippen LogP contribution in [0.2, 0.25) is 0 Å². The van der Waals surface area contributed by atoms with Crippen molar-refractivity contribution in [3.8, 4) is 0 Å². The maximum Gasteiger partial charge on any atom is 0.263 e. The van der Waals surface area contributed by atoms with Gasteiger partial charge in [-0.05, 0) is 83.2 Å². The lowest BCUT2D eigenvalue weighted by Gasteiger charge is -2.42. The lowest BCUT2D eigenvalue weighted by molar-refractivity contribution is -0.134. The summed E-state index contributed by atoms with van der Waals surface area (Å²) in [5, 5.41) is 3.95. The topological polar surface area (TPSA) is 117 Å². The van der Waals surface area contributed by atoms with Gasteiger partial charge in [0, 0.05) is 56.8 Å². The van der Waals surface area contributed by atoms with E-state index in [4.69, 9.17) is 4.98 Å². The molecule has 2 saturated heterocycles. The quantitative estimate of drug-likeness (QED) is 0.396. The first-order chi connectivity index (χ1) is 21.2. The number of hydrogen-bond donors (Lipinski definition) is 1. The van der Waals surface area contributed by atoms with Crippen LogP contribution in [0, 0.1) is 12.8 Å². The number of pyridine rings is 2. The standard InChI is InChI=1S/C33H44N8O3/c1-21-27-20-35-33(37-30(27)41(25-7-5-6-8-25)32(44)29(21)22(2)42)36-28-10-9-26(19-34-28)40-17-13-24(14-18-40)39-15-11-23(12-16-39)31(43)38(3)4/h9-10,19-20,23-25H,5-8,11-18H2,1-4H3,(H,34,35,36,37). The first-order valence-electron chi connectivity index (χ1n) is 16.1. The number of anilines is 3. The molecular weight excluding hydrogens is 556 g/mol. The van der Waals surface area contributed by atoms with Crippen molar-refractivity contribution >= 4 is 40.2 Å². The minimum absolute atomic E-state index is 0.0344. The molecule has 0 aromatic carbocycles. The fourth-order valence-corrected chi connectivity index (χ4v) is 7.44. The Morgan fingerprint density at radius 2 is 1.61 bits per heavy atom. The molecule has 0 spiro atoms. The summed E-state index contributed by atoms with van der Waals surface area (Å²) in [6.07, 6.45) is 11.6. The zero-order valence-corrected chi connectivity index (χ0v) is 26.4. The predicted octanol–water partition coefficient (Wildman–Crippen LogP) is 4.33. The van der Waals surface area contributed by atoms with Gasteiger partial charge in [-0.2, -0.15) is 4.98 Å². The minimum atomic E-state index is -0.255. The number of likely N-dealkylation sites (tertiary alicyclic amines) is 1. The van der Waals surface area contributed by atoms with E-state index in [1.807, 2.05) is 26.4 Å². The van der Waals surface area contributed by atoms with Crippen molar-refractivity contribution in [1.82, 2.24) is 29.3 Å². The van der Waals surface area contributed by atoms with Crippen LogP contribution in [-0.2, 0) is 4.79 Å². The number of carbonyl (C=O) groups is 2. The Bertz CT molecular complexity index is 1580. The zero-order valence-electron chi connectivity index (χ0n) is 26.4. The normalized spacial score (nSPS) is 19.0. The first-order valence-corrected chi connectivity index (χ1v) is 16.1. The van der Waals surface area contributed by atoms with Crippen molar-refractivity contribution in [3.05, 3.63) is 46.0 Å². The number of Topliss-reactive ketones (excluding diaryl/α,β-unsaturated/α-hetero) is 1. The van der Waals surface area contributed by atoms with Gasteiger partial charge in [0.25, 0.3) is 5.56 Å². The van der Waals surface area contributed by atoms with Gasteiger partial charge in [0.2, 0.25) is 11.9 Å². The Morgan fingerprint density at radius 3 is 2.23 bits per heavy atom. The molecule has 0 atom stereocenters. The fourth-order valence-electron chi connectivity index (χ4n) is 7.44. The van der Waals surface area contributed by atoms with Crippen molar-refractivity contribution < 1.29 is 9.59 Å². The highest BCUT2D eigenvalue weighted by molar-refractivity contribution is 5.99. The lowest BCUT2D eigenvalue weighted by atomic mass is 9.92. The largest absolute Gasteiger partial charge is 0.370 e. The molecule has 11 heteroatoms. The summed E-state index contributed by atoms with van der Waals surface area (Å²) in [7, 11) is 3.70. The van der Waals surface area contributed by atoms with Crippen LogP contribution >= 0.6 is 0 Å². The van der Waals surface area contributed by atoms with Crippen LogP contribution in [0.3, 0.4) is 0 Å². The maximum atomic E-state index is 13.5. The molecule has 234 valence electrons. The lowest BCUT2D eigenvalue weighted by Crippen LogP contribution is -2.49. The molecule has 0 radical (unpaired) electrons. The highest BCUT2D eigenvalue weighted by atomic mass is 16.2. The van der Waals surface area contributed by atoms with Crippen molar-refractivity contribution in [2.45, 2.75) is 77.3 Å². The number of hydrogen-bond acceptors (Lipinski definition) is 9. The number of nitrogens with one attached hydrogen (secondary N) is 1. The number of ketones is 1. The van der Waals surface area contributed by atoms with E-state index in [1.165, 1.54) is 6.92 Å². The van der Waals surface area contributed by atoms with Crippen LogP contribution < -0.4 is 15.8 Å². The molecular formula is C33H44N8O3. The highest BCUT2D eigenvalue weighted by Crippen LogP contribution is 2.32. The van der Waals surface area contributed by atoms with Crippen LogP contribution in [0.1, 0.15) is 80.3 Å². The molecule has 2 aliphatic heterocycles. The molecule has 11 nitrogen and oxygen atoms in total. The van der Waals surface area contributed by atoms with Gasteiger partial charge in [-0.25, -0.2) is 9.97 Å². The maximum absolute atomic E-state index is 13.5. The molecule has 1 amide bonds. The second-order valence-corrected chi connectivity index (χ2v) is 12.9. The van der Waals surface area contributed by atoms with Gasteiger partial charge >= 0.3 is 0 Å². The summed E-state index contributed by atoms with van der Waals surface area (Å²) in [5.41, 5.74) is 2.26. The summed E-state index contributed by atoms with van der Waals surface area (Å²) < 4.78 is 1.73. The van der Waals surface area contributed by atoms with Crippen molar-refractivity contribution in [1.29, 1.82) is 0 Å². The van der Waals surface area contributed by atoms with Gasteiger partial charge < -0.3 is 20.0 Å². The molecule has 6 rings (SSSR count). The number of fused-ring (bicyclic) bond motifs is 1. The van der Waals surface area contributed by atoms with E-state index in [0.717, 1.165) is 88.6 Å². The Hall–Kier alpha value is -3.86. The van der Waals surface area contributed by atoms with E-state index in [0.29, 0.717) is 29.0 Å². The van der Waals surface area contributed by atoms with Gasteiger partial charge in [0.05, 0.1) is 17.4 Å². The highest BCUT2D eigenvalue weighted by Gasteiger charge is 2.31. The monoisotopic (exact) mass is 600 g/mol. The van der Waals surface area contributed by atoms with Gasteiger partial charge in [-0.1, -0.05) is 12.8 Å². The number of aromatic nitrogens is 4. The molecule has 1 aliphatic carbocycles. The third-order valence-corrected chi connectivity index (χ3v) is 9.90. The van der Waals surface area contributed by atoms with Gasteiger partial charge in [0.15, 0.2) is 5.78 Å². The van der Waals surface area contributed by atoms with Crippen LogP contribution in [0.25, 0.3) is 11.0 Å². The first kappa shape index (κ1) is 30.2. The summed E-state index contributed by atoms with van der Waals surface area (Å²) in [6, 6.07) is 4.62. The Balaban J connectivity index is 1.11. The number of carbonyl (C=O) groups excluding carboxylic acids is 2. The third kappa shape index (κ3) is 5.94. The summed E-state index contributed by atoms with van der Waals surface area (Å²) in [4.78, 5) is 58.9. The summed E-state index contributed by atoms with van der Waals surface area (Å²) in [6.45, 7) is 7.20. The van der Waals surface area contributed by atoms with Crippen molar-refractivity contribution in [2.75, 3.05) is 50.5 Å². The van der Waals surface area contributed by atoms with E-state index in [2.05, 4.69) is 31.2 Å². The van der Waals surface area contributed by atoms with Gasteiger partial charge in [-0.3, -0.25) is 19.0 Å². The van der Waals surface area contributed by atoms with Crippen LogP contribution in [0.15, 0.2) is 29.3 Å². The zero-order chi connectivity index (χ0) is 31.0. The molecule has 3 fully saturated rings. The molecule has 1 saturated carbocycles. The van der Waals surface area contributed by atoms with Crippen molar-refractivity contribution in [3.63, 3.8) is 0 Å².